The molecule has 4 heteroatoms. The third kappa shape index (κ3) is 2.25. The van der Waals surface area contributed by atoms with Gasteiger partial charge in [0.05, 0.1) is 0 Å². The molecule has 0 aliphatic heterocycles. The summed E-state index contributed by atoms with van der Waals surface area (Å²) in [5, 5.41) is 0. The Morgan fingerprint density at radius 3 is 1.89 bits per heavy atom. The summed E-state index contributed by atoms with van der Waals surface area (Å²) in [5.74, 6) is 0. The first-order valence-electron chi connectivity index (χ1n) is 2.91. The van der Waals surface area contributed by atoms with E-state index < -0.39 is 14.2 Å². The molecule has 0 aliphatic carbocycles. The smallest absolute Gasteiger partial charge is 0.193 e. The zero-order valence-corrected chi connectivity index (χ0v) is 8.28. The quantitative estimate of drug-likeness (QED) is 0.349. The molecule has 0 rings (SSSR count). The number of methoxy groups -OCH3 is 2. The summed E-state index contributed by atoms with van der Waals surface area (Å²) in [4.78, 5) is 0. The Kier molecular flexibility index (Phi) is 4.48. The van der Waals surface area contributed by atoms with Gasteiger partial charge in [0.2, 0.25) is 0 Å². The van der Waals surface area contributed by atoms with Gasteiger partial charge in [0.1, 0.15) is 0 Å². The third-order valence-corrected chi connectivity index (χ3v) is 4.19. The first-order chi connectivity index (χ1) is 4.24. The van der Waals surface area contributed by atoms with E-state index in [1.807, 2.05) is 6.92 Å². The Morgan fingerprint density at radius 1 is 1.44 bits per heavy atom. The Morgan fingerprint density at radius 2 is 1.89 bits per heavy atom. The van der Waals surface area contributed by atoms with Crippen LogP contribution in [0.15, 0.2) is 0 Å². The van der Waals surface area contributed by atoms with Crippen molar-refractivity contribution in [2.45, 2.75) is 18.8 Å². The molecular weight excluding hydrogens is 156 g/mol. The van der Waals surface area contributed by atoms with Crippen molar-refractivity contribution in [2.75, 3.05) is 14.2 Å². The second kappa shape index (κ2) is 4.28. The van der Waals surface area contributed by atoms with Crippen LogP contribution in [0.4, 0.5) is 0 Å². The predicted octanol–water partition coefficient (Wildman–Crippen LogP) is 0.666. The van der Waals surface area contributed by atoms with Crippen LogP contribution in [0.25, 0.3) is 0 Å². The first kappa shape index (κ1) is 9.43. The molecule has 0 amide bonds. The van der Waals surface area contributed by atoms with Gasteiger partial charge in [-0.2, -0.15) is 11.1 Å². The van der Waals surface area contributed by atoms with Crippen LogP contribution in [0.1, 0.15) is 13.3 Å². The normalized spacial score (nSPS) is 13.3. The van der Waals surface area contributed by atoms with Crippen molar-refractivity contribution < 1.29 is 9.47 Å². The van der Waals surface area contributed by atoms with Crippen molar-refractivity contribution in [3.8, 4) is 0 Å². The minimum atomic E-state index is -0.751. The van der Waals surface area contributed by atoms with Crippen LogP contribution in [-0.4, -0.2) is 28.5 Å². The molecule has 0 N–H and O–H groups in total. The highest BCUT2D eigenvalue weighted by Crippen LogP contribution is 2.14. The highest BCUT2D eigenvalue weighted by Gasteiger charge is 2.25. The van der Waals surface area contributed by atoms with Gasteiger partial charge in [-0.15, -0.1) is 0 Å². The molecule has 0 aromatic rings. The molecule has 0 spiro atoms. The van der Waals surface area contributed by atoms with Crippen molar-refractivity contribution in [3.05, 3.63) is 0 Å². The average Bonchev–Trinajstić information content (AvgIpc) is 1.95. The summed E-state index contributed by atoms with van der Waals surface area (Å²) in [6, 6.07) is 0. The van der Waals surface area contributed by atoms with Crippen LogP contribution in [0.5, 0.6) is 0 Å². The molecule has 0 bridgehead atoms. The summed E-state index contributed by atoms with van der Waals surface area (Å²) >= 11 is 5.71. The van der Waals surface area contributed by atoms with Gasteiger partial charge in [-0.25, -0.2) is 0 Å². The molecule has 0 fully saturated rings. The molecule has 0 unspecified atom stereocenters. The number of hydrogen-bond donors (Lipinski definition) is 0. The maximum atomic E-state index is 5.71. The van der Waals surface area contributed by atoms with E-state index in [2.05, 4.69) is 0 Å². The molecule has 0 heterocycles. The highest BCUT2D eigenvalue weighted by atomic mass is 35.6. The van der Waals surface area contributed by atoms with E-state index in [0.29, 0.717) is 0 Å². The van der Waals surface area contributed by atoms with Crippen LogP contribution in [0.3, 0.4) is 0 Å². The second-order valence-corrected chi connectivity index (χ2v) is 3.95. The van der Waals surface area contributed by atoms with E-state index in [1.54, 1.807) is 14.2 Å². The minimum Gasteiger partial charge on any atom is -0.356 e. The lowest BCUT2D eigenvalue weighted by atomic mass is 10.5. The van der Waals surface area contributed by atoms with Crippen LogP contribution < -0.4 is 0 Å². The Bertz CT molecular complexity index is 57.8. The molecule has 0 atom stereocenters. The summed E-state index contributed by atoms with van der Waals surface area (Å²) in [6.45, 7) is 2.00. The van der Waals surface area contributed by atoms with Gasteiger partial charge in [0, 0.05) is 14.2 Å². The zero-order chi connectivity index (χ0) is 7.33. The fourth-order valence-corrected chi connectivity index (χ4v) is 2.20. The van der Waals surface area contributed by atoms with E-state index in [9.17, 15) is 0 Å². The maximum absolute atomic E-state index is 5.71. The van der Waals surface area contributed by atoms with Crippen LogP contribution >= 0.6 is 11.1 Å². The summed E-state index contributed by atoms with van der Waals surface area (Å²) < 4.78 is 10.2. The maximum Gasteiger partial charge on any atom is 0.193 e. The lowest BCUT2D eigenvalue weighted by Gasteiger charge is -2.26. The Hall–Kier alpha value is 0.427. The molecule has 0 aromatic carbocycles. The lowest BCUT2D eigenvalue weighted by molar-refractivity contribution is -0.144. The third-order valence-electron chi connectivity index (χ3n) is 1.49. The van der Waals surface area contributed by atoms with Gasteiger partial charge < -0.3 is 9.47 Å². The standard InChI is InChI=1S/C5H13ClO2Si/c1-4-5(7-2,8-3)9-6/h4,9H2,1-3H3. The van der Waals surface area contributed by atoms with E-state index >= 15 is 0 Å². The number of rotatable bonds is 4. The summed E-state index contributed by atoms with van der Waals surface area (Å²) in [7, 11) is 2.50. The molecule has 56 valence electrons. The summed E-state index contributed by atoms with van der Waals surface area (Å²) in [6.07, 6.45) is 0.829. The molecule has 0 saturated heterocycles. The number of halogens is 1. The monoisotopic (exact) mass is 168 g/mol. The van der Waals surface area contributed by atoms with Crippen molar-refractivity contribution in [1.82, 2.24) is 0 Å². The molecular formula is C5H13ClO2Si. The largest absolute Gasteiger partial charge is 0.356 e. The Labute approximate surface area is 63.0 Å². The van der Waals surface area contributed by atoms with E-state index in [4.69, 9.17) is 20.6 Å². The fraction of sp³-hybridized carbons (Fsp3) is 1.00. The fourth-order valence-electron chi connectivity index (χ4n) is 0.576. The highest BCUT2D eigenvalue weighted by molar-refractivity contribution is 6.95. The lowest BCUT2D eigenvalue weighted by Crippen LogP contribution is -2.37. The zero-order valence-electron chi connectivity index (χ0n) is 6.11. The molecule has 0 aliphatic rings. The van der Waals surface area contributed by atoms with Gasteiger partial charge in [0.15, 0.2) is 14.2 Å². The van der Waals surface area contributed by atoms with Gasteiger partial charge in [-0.3, -0.25) is 0 Å². The molecule has 0 aromatic heterocycles. The van der Waals surface area contributed by atoms with Crippen LogP contribution in [0.2, 0.25) is 0 Å². The predicted molar refractivity (Wildman–Crippen MR) is 41.4 cm³/mol. The van der Waals surface area contributed by atoms with Crippen molar-refractivity contribution in [1.29, 1.82) is 0 Å². The van der Waals surface area contributed by atoms with Crippen molar-refractivity contribution in [2.24, 2.45) is 0 Å². The number of ether oxygens (including phenoxy) is 2. The topological polar surface area (TPSA) is 18.5 Å². The van der Waals surface area contributed by atoms with Crippen molar-refractivity contribution >= 4 is 19.9 Å². The minimum absolute atomic E-state index is 0.429. The SMILES string of the molecule is CCC(OC)(OC)[SiH2]Cl. The molecule has 0 saturated carbocycles. The van der Waals surface area contributed by atoms with Gasteiger partial charge in [-0.1, -0.05) is 6.92 Å². The molecule has 0 radical (unpaired) electrons. The Balaban J connectivity index is 3.82. The summed E-state index contributed by atoms with van der Waals surface area (Å²) in [5.41, 5.74) is -0.429. The second-order valence-electron chi connectivity index (χ2n) is 1.81. The van der Waals surface area contributed by atoms with E-state index in [1.165, 1.54) is 0 Å². The number of hydrogen-bond acceptors (Lipinski definition) is 2. The van der Waals surface area contributed by atoms with Crippen LogP contribution in [0, 0.1) is 0 Å². The average molecular weight is 169 g/mol. The first-order valence-corrected chi connectivity index (χ1v) is 5.75. The van der Waals surface area contributed by atoms with Crippen molar-refractivity contribution in [3.63, 3.8) is 0 Å². The van der Waals surface area contributed by atoms with Gasteiger partial charge in [0.25, 0.3) is 0 Å². The van der Waals surface area contributed by atoms with Gasteiger partial charge in [-0.05, 0) is 6.42 Å². The van der Waals surface area contributed by atoms with Gasteiger partial charge >= 0.3 is 0 Å². The van der Waals surface area contributed by atoms with E-state index in [0.717, 1.165) is 6.42 Å². The molecule has 2 nitrogen and oxygen atoms in total. The van der Waals surface area contributed by atoms with E-state index in [-0.39, 0.29) is 0 Å². The van der Waals surface area contributed by atoms with Crippen LogP contribution in [-0.2, 0) is 9.47 Å². The molecule has 9 heavy (non-hydrogen) atoms.